The Labute approximate surface area is 74.5 Å². The Morgan fingerprint density at radius 2 is 1.54 bits per heavy atom. The Hall–Kier alpha value is -1.18. The fraction of sp³-hybridized carbons (Fsp3) is 0.667. The van der Waals surface area contributed by atoms with Crippen LogP contribution in [0.4, 0.5) is 0 Å². The van der Waals surface area contributed by atoms with Crippen molar-refractivity contribution in [2.24, 2.45) is 17.2 Å². The predicted octanol–water partition coefficient (Wildman–Crippen LogP) is -3.25. The Morgan fingerprint density at radius 3 is 1.69 bits per heavy atom. The van der Waals surface area contributed by atoms with E-state index in [0.29, 0.717) is 0 Å². The van der Waals surface area contributed by atoms with Gasteiger partial charge in [0.1, 0.15) is 11.8 Å². The van der Waals surface area contributed by atoms with Crippen LogP contribution >= 0.6 is 0 Å². The molecule has 7 heteroatoms. The summed E-state index contributed by atoms with van der Waals surface area (Å²) in [7, 11) is 0. The van der Waals surface area contributed by atoms with Crippen molar-refractivity contribution in [3.05, 3.63) is 0 Å². The van der Waals surface area contributed by atoms with Gasteiger partial charge in [-0.1, -0.05) is 0 Å². The van der Waals surface area contributed by atoms with E-state index in [9.17, 15) is 14.7 Å². The third-order valence-corrected chi connectivity index (χ3v) is 1.51. The molecule has 0 aromatic carbocycles. The van der Waals surface area contributed by atoms with E-state index in [1.807, 2.05) is 0 Å². The Bertz CT molecular complexity index is 200. The van der Waals surface area contributed by atoms with Crippen LogP contribution in [0.25, 0.3) is 0 Å². The molecular weight excluding hydrogens is 178 g/mol. The Balaban J connectivity index is 4.52. The lowest BCUT2D eigenvalue weighted by Gasteiger charge is -2.27. The second kappa shape index (κ2) is 4.17. The normalized spacial score (nSPS) is 13.8. The van der Waals surface area contributed by atoms with Gasteiger partial charge in [0.05, 0.1) is 12.8 Å². The Morgan fingerprint density at radius 1 is 1.23 bits per heavy atom. The summed E-state index contributed by atoms with van der Waals surface area (Å²) in [6.07, 6.45) is -2.98. The molecule has 0 aromatic rings. The van der Waals surface area contributed by atoms with E-state index in [2.05, 4.69) is 0 Å². The van der Waals surface area contributed by atoms with E-state index in [1.54, 1.807) is 0 Å². The molecule has 0 aromatic heterocycles. The van der Waals surface area contributed by atoms with Gasteiger partial charge in [-0.05, 0) is 0 Å². The highest BCUT2D eigenvalue weighted by Gasteiger charge is 2.36. The SMILES string of the molecule is NC(=O)CC(O)(CC(N)=O)C(N)O. The topological polar surface area (TPSA) is 153 Å². The maximum absolute atomic E-state index is 10.4. The molecule has 2 amide bonds. The summed E-state index contributed by atoms with van der Waals surface area (Å²) in [4.78, 5) is 20.9. The summed E-state index contributed by atoms with van der Waals surface area (Å²) < 4.78 is 0. The van der Waals surface area contributed by atoms with Gasteiger partial charge in [-0.25, -0.2) is 0 Å². The quantitative estimate of drug-likeness (QED) is 0.289. The highest BCUT2D eigenvalue weighted by molar-refractivity contribution is 5.79. The van der Waals surface area contributed by atoms with Gasteiger partial charge in [0.25, 0.3) is 0 Å². The van der Waals surface area contributed by atoms with Gasteiger partial charge in [0, 0.05) is 0 Å². The minimum absolute atomic E-state index is 0.617. The van der Waals surface area contributed by atoms with Gasteiger partial charge >= 0.3 is 0 Å². The standard InChI is InChI=1S/C6H13N3O4/c7-3(10)1-6(13,5(9)12)2-4(8)11/h5,12-13H,1-2,9H2,(H2,7,10)(H2,8,11). The van der Waals surface area contributed by atoms with Crippen molar-refractivity contribution in [1.82, 2.24) is 0 Å². The van der Waals surface area contributed by atoms with Crippen molar-refractivity contribution in [3.63, 3.8) is 0 Å². The van der Waals surface area contributed by atoms with Crippen LogP contribution in [0, 0.1) is 0 Å². The summed E-state index contributed by atoms with van der Waals surface area (Å²) >= 11 is 0. The predicted molar refractivity (Wildman–Crippen MR) is 42.8 cm³/mol. The Kier molecular flexibility index (Phi) is 3.79. The monoisotopic (exact) mass is 191 g/mol. The molecular formula is C6H13N3O4. The molecule has 13 heavy (non-hydrogen) atoms. The van der Waals surface area contributed by atoms with Crippen molar-refractivity contribution >= 4 is 11.8 Å². The van der Waals surface area contributed by atoms with Crippen LogP contribution in [-0.2, 0) is 9.59 Å². The molecule has 0 saturated carbocycles. The molecule has 0 aliphatic carbocycles. The van der Waals surface area contributed by atoms with E-state index < -0.39 is 36.5 Å². The third-order valence-electron chi connectivity index (χ3n) is 1.51. The molecule has 0 bridgehead atoms. The number of hydrogen-bond acceptors (Lipinski definition) is 5. The molecule has 0 spiro atoms. The first kappa shape index (κ1) is 11.8. The summed E-state index contributed by atoms with van der Waals surface area (Å²) in [5.74, 6) is -1.76. The fourth-order valence-electron chi connectivity index (χ4n) is 0.875. The number of carbonyl (C=O) groups is 2. The van der Waals surface area contributed by atoms with Gasteiger partial charge in [-0.2, -0.15) is 0 Å². The largest absolute Gasteiger partial charge is 0.385 e. The van der Waals surface area contributed by atoms with E-state index >= 15 is 0 Å². The number of primary amides is 2. The fourth-order valence-corrected chi connectivity index (χ4v) is 0.875. The van der Waals surface area contributed by atoms with Crippen molar-refractivity contribution in [2.45, 2.75) is 24.7 Å². The van der Waals surface area contributed by atoms with Crippen molar-refractivity contribution in [2.75, 3.05) is 0 Å². The summed E-state index contributed by atoms with van der Waals surface area (Å²) in [6.45, 7) is 0. The van der Waals surface area contributed by atoms with Gasteiger partial charge in [-0.15, -0.1) is 0 Å². The van der Waals surface area contributed by atoms with E-state index in [1.165, 1.54) is 0 Å². The van der Waals surface area contributed by atoms with Crippen LogP contribution < -0.4 is 17.2 Å². The average Bonchev–Trinajstić information content (AvgIpc) is 1.82. The van der Waals surface area contributed by atoms with E-state index in [4.69, 9.17) is 22.3 Å². The summed E-state index contributed by atoms with van der Waals surface area (Å²) in [5.41, 5.74) is 12.4. The van der Waals surface area contributed by atoms with E-state index in [-0.39, 0.29) is 0 Å². The zero-order valence-corrected chi connectivity index (χ0v) is 6.93. The number of aliphatic hydroxyl groups excluding tert-OH is 1. The average molecular weight is 191 g/mol. The number of hydrogen-bond donors (Lipinski definition) is 5. The van der Waals surface area contributed by atoms with Crippen LogP contribution in [0.2, 0.25) is 0 Å². The highest BCUT2D eigenvalue weighted by Crippen LogP contribution is 2.16. The van der Waals surface area contributed by atoms with Gasteiger partial charge in [0.2, 0.25) is 11.8 Å². The van der Waals surface area contributed by atoms with Crippen LogP contribution in [0.5, 0.6) is 0 Å². The first-order chi connectivity index (χ1) is 5.78. The van der Waals surface area contributed by atoms with Crippen LogP contribution in [0.15, 0.2) is 0 Å². The molecule has 1 atom stereocenters. The molecule has 0 heterocycles. The molecule has 0 radical (unpaired) electrons. The molecule has 1 unspecified atom stereocenters. The van der Waals surface area contributed by atoms with Crippen LogP contribution in [-0.4, -0.2) is 33.9 Å². The van der Waals surface area contributed by atoms with Gasteiger partial charge in [-0.3, -0.25) is 9.59 Å². The van der Waals surface area contributed by atoms with Gasteiger partial charge in [0.15, 0.2) is 0 Å². The number of aliphatic hydroxyl groups is 2. The molecule has 8 N–H and O–H groups in total. The molecule has 7 nitrogen and oxygen atoms in total. The van der Waals surface area contributed by atoms with Gasteiger partial charge < -0.3 is 27.4 Å². The second-order valence-electron chi connectivity index (χ2n) is 2.83. The third kappa shape index (κ3) is 3.83. The van der Waals surface area contributed by atoms with E-state index in [0.717, 1.165) is 0 Å². The summed E-state index contributed by atoms with van der Waals surface area (Å²) in [6, 6.07) is 0. The number of rotatable bonds is 5. The summed E-state index contributed by atoms with van der Waals surface area (Å²) in [5, 5.41) is 18.3. The lowest BCUT2D eigenvalue weighted by Crippen LogP contribution is -2.52. The lowest BCUT2D eigenvalue weighted by atomic mass is 9.93. The highest BCUT2D eigenvalue weighted by atomic mass is 16.4. The second-order valence-corrected chi connectivity index (χ2v) is 2.83. The minimum atomic E-state index is -2.07. The molecule has 0 rings (SSSR count). The minimum Gasteiger partial charge on any atom is -0.385 e. The first-order valence-corrected chi connectivity index (χ1v) is 3.50. The zero-order valence-electron chi connectivity index (χ0n) is 6.93. The number of carbonyl (C=O) groups excluding carboxylic acids is 2. The zero-order chi connectivity index (χ0) is 10.6. The molecule has 0 saturated heterocycles. The first-order valence-electron chi connectivity index (χ1n) is 3.50. The lowest BCUT2D eigenvalue weighted by molar-refractivity contribution is -0.138. The number of nitrogens with two attached hydrogens (primary N) is 3. The van der Waals surface area contributed by atoms with Crippen molar-refractivity contribution < 1.29 is 19.8 Å². The number of amides is 2. The smallest absolute Gasteiger partial charge is 0.220 e. The van der Waals surface area contributed by atoms with Crippen molar-refractivity contribution in [3.8, 4) is 0 Å². The maximum atomic E-state index is 10.4. The maximum Gasteiger partial charge on any atom is 0.220 e. The van der Waals surface area contributed by atoms with Crippen LogP contribution in [0.3, 0.4) is 0 Å². The van der Waals surface area contributed by atoms with Crippen LogP contribution in [0.1, 0.15) is 12.8 Å². The molecule has 0 aliphatic heterocycles. The molecule has 0 aliphatic rings. The van der Waals surface area contributed by atoms with Crippen molar-refractivity contribution in [1.29, 1.82) is 0 Å². The molecule has 76 valence electrons. The molecule has 0 fully saturated rings.